The second kappa shape index (κ2) is 7.49. The molecular formula is C29H33NOSi2. The maximum atomic E-state index is 6.64. The van der Waals surface area contributed by atoms with E-state index in [2.05, 4.69) is 114 Å². The molecule has 168 valence electrons. The fourth-order valence-electron chi connectivity index (χ4n) is 5.34. The van der Waals surface area contributed by atoms with Crippen LogP contribution in [0.2, 0.25) is 26.2 Å². The van der Waals surface area contributed by atoms with Crippen molar-refractivity contribution >= 4 is 37.8 Å². The van der Waals surface area contributed by atoms with Gasteiger partial charge in [-0.05, 0) is 93.7 Å². The van der Waals surface area contributed by atoms with Gasteiger partial charge in [-0.1, -0.05) is 63.2 Å². The molecule has 5 rings (SSSR count). The van der Waals surface area contributed by atoms with Crippen LogP contribution in [0.4, 0.5) is 0 Å². The Hall–Kier alpha value is -2.54. The molecule has 0 amide bonds. The highest BCUT2D eigenvalue weighted by Gasteiger charge is 2.46. The van der Waals surface area contributed by atoms with Gasteiger partial charge in [0.1, 0.15) is 0 Å². The number of aromatic nitrogens is 1. The minimum atomic E-state index is -1.85. The van der Waals surface area contributed by atoms with E-state index in [4.69, 9.17) is 9.10 Å². The third kappa shape index (κ3) is 3.90. The molecule has 0 saturated heterocycles. The fourth-order valence-corrected chi connectivity index (χ4v) is 15.6. The third-order valence-corrected chi connectivity index (χ3v) is 14.7. The van der Waals surface area contributed by atoms with Crippen molar-refractivity contribution in [3.63, 3.8) is 0 Å². The molecule has 0 bridgehead atoms. The fraction of sp³-hybridized carbons (Fsp3) is 0.276. The Labute approximate surface area is 199 Å². The number of nitrogens with zero attached hydrogens (tertiary/aromatic N) is 1. The summed E-state index contributed by atoms with van der Waals surface area (Å²) in [6.07, 6.45) is 1.95. The minimum absolute atomic E-state index is 0.0557. The summed E-state index contributed by atoms with van der Waals surface area (Å²) in [6.45, 7) is 16.2. The SMILES string of the molecule is CC(C)(C)c1cc(-c2cc(-c3ccc4c(c3)[Si](C)(C)O[Si]4(C)C)ccn2)cc2ccccc12. The highest BCUT2D eigenvalue weighted by Crippen LogP contribution is 2.35. The van der Waals surface area contributed by atoms with Crippen molar-refractivity contribution in [2.75, 3.05) is 0 Å². The first-order valence-corrected chi connectivity index (χ1v) is 17.6. The van der Waals surface area contributed by atoms with Crippen LogP contribution in [0.1, 0.15) is 26.3 Å². The highest BCUT2D eigenvalue weighted by molar-refractivity contribution is 7.05. The number of pyridine rings is 1. The summed E-state index contributed by atoms with van der Waals surface area (Å²) >= 11 is 0. The van der Waals surface area contributed by atoms with Crippen LogP contribution >= 0.6 is 0 Å². The monoisotopic (exact) mass is 467 g/mol. The van der Waals surface area contributed by atoms with Crippen LogP contribution in [-0.2, 0) is 9.53 Å². The van der Waals surface area contributed by atoms with Crippen molar-refractivity contribution in [1.29, 1.82) is 0 Å². The molecular weight excluding hydrogens is 434 g/mol. The van der Waals surface area contributed by atoms with Crippen LogP contribution in [-0.4, -0.2) is 21.6 Å². The molecule has 0 N–H and O–H groups in total. The number of fused-ring (bicyclic) bond motifs is 2. The molecule has 0 saturated carbocycles. The van der Waals surface area contributed by atoms with E-state index in [1.54, 1.807) is 0 Å². The second-order valence-electron chi connectivity index (χ2n) is 11.3. The van der Waals surface area contributed by atoms with Gasteiger partial charge in [0, 0.05) is 11.8 Å². The predicted molar refractivity (Wildman–Crippen MR) is 147 cm³/mol. The molecule has 0 unspecified atom stereocenters. The molecule has 0 spiro atoms. The Balaban J connectivity index is 1.63. The minimum Gasteiger partial charge on any atom is -0.449 e. The summed E-state index contributed by atoms with van der Waals surface area (Å²) < 4.78 is 6.64. The van der Waals surface area contributed by atoms with Gasteiger partial charge in [0.05, 0.1) is 5.69 Å². The summed E-state index contributed by atoms with van der Waals surface area (Å²) in [4.78, 5) is 4.78. The van der Waals surface area contributed by atoms with Gasteiger partial charge in [-0.2, -0.15) is 0 Å². The van der Waals surface area contributed by atoms with Crippen molar-refractivity contribution in [3.05, 3.63) is 78.5 Å². The molecule has 1 aromatic heterocycles. The topological polar surface area (TPSA) is 22.1 Å². The number of hydrogen-bond donors (Lipinski definition) is 0. The zero-order chi connectivity index (χ0) is 23.6. The quantitative estimate of drug-likeness (QED) is 0.305. The van der Waals surface area contributed by atoms with Crippen LogP contribution in [0.5, 0.6) is 0 Å². The van der Waals surface area contributed by atoms with E-state index < -0.39 is 16.6 Å². The van der Waals surface area contributed by atoms with Crippen LogP contribution in [0.25, 0.3) is 33.2 Å². The summed E-state index contributed by atoms with van der Waals surface area (Å²) in [5.74, 6) is 0. The van der Waals surface area contributed by atoms with Crippen LogP contribution in [0.15, 0.2) is 72.9 Å². The van der Waals surface area contributed by atoms with Crippen LogP contribution < -0.4 is 10.4 Å². The normalized spacial score (nSPS) is 16.7. The van der Waals surface area contributed by atoms with E-state index in [1.165, 1.54) is 43.4 Å². The van der Waals surface area contributed by atoms with Gasteiger partial charge < -0.3 is 4.12 Å². The average molecular weight is 468 g/mol. The molecule has 0 fully saturated rings. The van der Waals surface area contributed by atoms with Crippen molar-refractivity contribution in [3.8, 4) is 22.4 Å². The van der Waals surface area contributed by atoms with Crippen molar-refractivity contribution in [2.45, 2.75) is 52.4 Å². The maximum Gasteiger partial charge on any atom is 0.206 e. The van der Waals surface area contributed by atoms with Crippen molar-refractivity contribution in [1.82, 2.24) is 4.98 Å². The van der Waals surface area contributed by atoms with E-state index in [0.29, 0.717) is 0 Å². The predicted octanol–water partition coefficient (Wildman–Crippen LogP) is 6.72. The average Bonchev–Trinajstić information content (AvgIpc) is 2.95. The zero-order valence-electron chi connectivity index (χ0n) is 20.8. The van der Waals surface area contributed by atoms with E-state index in [0.717, 1.165) is 5.69 Å². The van der Waals surface area contributed by atoms with Gasteiger partial charge in [0.2, 0.25) is 16.6 Å². The standard InChI is InChI=1S/C29H33NOSi2/c1-29(2,3)25-17-23(16-22-10-8-9-11-24(22)25)26-18-21(14-15-30-26)20-12-13-27-28(19-20)33(6,7)31-32(27,4)5/h8-19H,1-7H3. The number of hydrogen-bond acceptors (Lipinski definition) is 2. The molecule has 0 radical (unpaired) electrons. The largest absolute Gasteiger partial charge is 0.449 e. The molecule has 4 aromatic rings. The molecule has 0 aliphatic carbocycles. The Morgan fingerprint density at radius 3 is 2.15 bits per heavy atom. The molecule has 33 heavy (non-hydrogen) atoms. The van der Waals surface area contributed by atoms with E-state index in [1.807, 2.05) is 6.20 Å². The lowest BCUT2D eigenvalue weighted by atomic mass is 9.82. The first-order chi connectivity index (χ1) is 15.5. The van der Waals surface area contributed by atoms with Gasteiger partial charge in [-0.15, -0.1) is 0 Å². The van der Waals surface area contributed by atoms with Gasteiger partial charge in [0.25, 0.3) is 0 Å². The van der Waals surface area contributed by atoms with E-state index in [-0.39, 0.29) is 5.41 Å². The van der Waals surface area contributed by atoms with Crippen LogP contribution in [0.3, 0.4) is 0 Å². The Morgan fingerprint density at radius 1 is 0.697 bits per heavy atom. The lowest BCUT2D eigenvalue weighted by molar-refractivity contribution is 0.583. The van der Waals surface area contributed by atoms with Gasteiger partial charge >= 0.3 is 0 Å². The maximum absolute atomic E-state index is 6.64. The molecule has 1 aliphatic rings. The molecule has 3 aromatic carbocycles. The van der Waals surface area contributed by atoms with E-state index >= 15 is 0 Å². The number of benzene rings is 3. The van der Waals surface area contributed by atoms with Gasteiger partial charge in [-0.3, -0.25) is 4.98 Å². The zero-order valence-corrected chi connectivity index (χ0v) is 22.8. The van der Waals surface area contributed by atoms with Crippen molar-refractivity contribution in [2.24, 2.45) is 0 Å². The third-order valence-electron chi connectivity index (χ3n) is 6.89. The number of rotatable bonds is 2. The smallest absolute Gasteiger partial charge is 0.206 e. The van der Waals surface area contributed by atoms with E-state index in [9.17, 15) is 0 Å². The lowest BCUT2D eigenvalue weighted by Crippen LogP contribution is -2.43. The molecule has 1 aliphatic heterocycles. The molecule has 0 atom stereocenters. The molecule has 2 nitrogen and oxygen atoms in total. The molecule has 4 heteroatoms. The van der Waals surface area contributed by atoms with Gasteiger partial charge in [0.15, 0.2) is 0 Å². The Morgan fingerprint density at radius 2 is 1.39 bits per heavy atom. The lowest BCUT2D eigenvalue weighted by Gasteiger charge is -2.23. The molecule has 2 heterocycles. The van der Waals surface area contributed by atoms with Gasteiger partial charge in [-0.25, -0.2) is 0 Å². The Bertz CT molecular complexity index is 1380. The second-order valence-corrected chi connectivity index (χ2v) is 19.2. The summed E-state index contributed by atoms with van der Waals surface area (Å²) in [5, 5.41) is 5.53. The highest BCUT2D eigenvalue weighted by atomic mass is 28.4. The summed E-state index contributed by atoms with van der Waals surface area (Å²) in [6, 6.07) is 24.6. The van der Waals surface area contributed by atoms with Crippen LogP contribution in [0, 0.1) is 0 Å². The summed E-state index contributed by atoms with van der Waals surface area (Å²) in [5.41, 5.74) is 6.08. The first kappa shape index (κ1) is 22.3. The Kier molecular flexibility index (Phi) is 5.05. The van der Waals surface area contributed by atoms with Crippen molar-refractivity contribution < 1.29 is 4.12 Å². The first-order valence-electron chi connectivity index (χ1n) is 11.8. The summed E-state index contributed by atoms with van der Waals surface area (Å²) in [7, 11) is -3.64.